The van der Waals surface area contributed by atoms with Crippen LogP contribution in [-0.4, -0.2) is 10.1 Å². The molecule has 2 aromatic rings. The summed E-state index contributed by atoms with van der Waals surface area (Å²) < 4.78 is 5.74. The molecule has 0 unspecified atom stereocenters. The van der Waals surface area contributed by atoms with E-state index < -0.39 is 0 Å². The van der Waals surface area contributed by atoms with E-state index >= 15 is 0 Å². The molecule has 0 amide bonds. The quantitative estimate of drug-likeness (QED) is 0.856. The number of aryl methyl sites for hydroxylation is 1. The van der Waals surface area contributed by atoms with Gasteiger partial charge in [0.1, 0.15) is 11.9 Å². The molecule has 0 saturated heterocycles. The zero-order valence-electron chi connectivity index (χ0n) is 9.85. The average molecular weight is 262 g/mol. The van der Waals surface area contributed by atoms with Gasteiger partial charge in [0.25, 0.3) is 0 Å². The van der Waals surface area contributed by atoms with E-state index in [-0.39, 0.29) is 11.9 Å². The summed E-state index contributed by atoms with van der Waals surface area (Å²) in [7, 11) is 0. The Labute approximate surface area is 110 Å². The lowest BCUT2D eigenvalue weighted by Gasteiger charge is -2.11. The summed E-state index contributed by atoms with van der Waals surface area (Å²) in [4.78, 5) is 4.19. The molecular weight excluding hydrogens is 250 g/mol. The fourth-order valence-electron chi connectivity index (χ4n) is 2.21. The van der Waals surface area contributed by atoms with Crippen molar-refractivity contribution in [1.29, 1.82) is 0 Å². The van der Waals surface area contributed by atoms with E-state index in [0.717, 1.165) is 16.7 Å². The monoisotopic (exact) mass is 261 g/mol. The minimum atomic E-state index is -0.170. The molecule has 4 heteroatoms. The second-order valence-corrected chi connectivity index (χ2v) is 4.81. The molecule has 3 rings (SSSR count). The standard InChI is InChI=1S/C14H12ClNO2/c1-8-13(17)12-7-18-14(11(12)6-16-8)9-2-4-10(15)5-3-9/h2-6,14,17H,7H2,1H3/t14-/m0/s1. The smallest absolute Gasteiger partial charge is 0.142 e. The van der Waals surface area contributed by atoms with Crippen LogP contribution in [0.1, 0.15) is 28.5 Å². The number of aromatic nitrogens is 1. The maximum atomic E-state index is 9.96. The van der Waals surface area contributed by atoms with Gasteiger partial charge < -0.3 is 9.84 Å². The Balaban J connectivity index is 2.05. The van der Waals surface area contributed by atoms with Crippen LogP contribution in [0.5, 0.6) is 5.75 Å². The van der Waals surface area contributed by atoms with Crippen molar-refractivity contribution in [3.8, 4) is 5.75 Å². The summed E-state index contributed by atoms with van der Waals surface area (Å²) in [6.45, 7) is 2.20. The largest absolute Gasteiger partial charge is 0.506 e. The van der Waals surface area contributed by atoms with Crippen molar-refractivity contribution < 1.29 is 9.84 Å². The molecule has 0 spiro atoms. The van der Waals surface area contributed by atoms with E-state index in [2.05, 4.69) is 4.98 Å². The van der Waals surface area contributed by atoms with Gasteiger partial charge in [-0.3, -0.25) is 4.98 Å². The number of nitrogens with zero attached hydrogens (tertiary/aromatic N) is 1. The van der Waals surface area contributed by atoms with Crippen molar-refractivity contribution >= 4 is 11.6 Å². The summed E-state index contributed by atoms with van der Waals surface area (Å²) in [6.07, 6.45) is 1.60. The van der Waals surface area contributed by atoms with E-state index in [9.17, 15) is 5.11 Å². The highest BCUT2D eigenvalue weighted by Crippen LogP contribution is 2.40. The van der Waals surface area contributed by atoms with Crippen molar-refractivity contribution in [2.75, 3.05) is 0 Å². The maximum absolute atomic E-state index is 9.96. The van der Waals surface area contributed by atoms with Crippen molar-refractivity contribution in [3.05, 3.63) is 57.9 Å². The lowest BCUT2D eigenvalue weighted by atomic mass is 10.0. The van der Waals surface area contributed by atoms with Gasteiger partial charge in [-0.15, -0.1) is 0 Å². The normalized spacial score (nSPS) is 17.8. The predicted octanol–water partition coefficient (Wildman–Crippen LogP) is 3.37. The Hall–Kier alpha value is -1.58. The Morgan fingerprint density at radius 2 is 2.06 bits per heavy atom. The molecule has 0 saturated carbocycles. The van der Waals surface area contributed by atoms with Crippen LogP contribution in [0, 0.1) is 6.92 Å². The first kappa shape index (κ1) is 11.5. The third-order valence-corrected chi connectivity index (χ3v) is 3.48. The van der Waals surface area contributed by atoms with Crippen LogP contribution >= 0.6 is 11.6 Å². The van der Waals surface area contributed by atoms with Crippen molar-refractivity contribution in [1.82, 2.24) is 4.98 Å². The van der Waals surface area contributed by atoms with Crippen LogP contribution in [0.3, 0.4) is 0 Å². The van der Waals surface area contributed by atoms with Gasteiger partial charge in [-0.05, 0) is 24.6 Å². The average Bonchev–Trinajstić information content (AvgIpc) is 2.79. The van der Waals surface area contributed by atoms with E-state index in [4.69, 9.17) is 16.3 Å². The molecule has 1 aliphatic rings. The van der Waals surface area contributed by atoms with Gasteiger partial charge in [0.05, 0.1) is 12.3 Å². The summed E-state index contributed by atoms with van der Waals surface area (Å²) in [5, 5.41) is 10.7. The number of halogens is 1. The first-order valence-electron chi connectivity index (χ1n) is 5.71. The third kappa shape index (κ3) is 1.76. The van der Waals surface area contributed by atoms with Gasteiger partial charge in [0, 0.05) is 22.3 Å². The number of aromatic hydroxyl groups is 1. The van der Waals surface area contributed by atoms with Gasteiger partial charge in [-0.2, -0.15) is 0 Å². The lowest BCUT2D eigenvalue weighted by molar-refractivity contribution is 0.0932. The first-order valence-corrected chi connectivity index (χ1v) is 6.09. The highest BCUT2D eigenvalue weighted by molar-refractivity contribution is 6.30. The Kier molecular flexibility index (Phi) is 2.73. The number of hydrogen-bond donors (Lipinski definition) is 1. The third-order valence-electron chi connectivity index (χ3n) is 3.22. The predicted molar refractivity (Wildman–Crippen MR) is 68.7 cm³/mol. The molecule has 3 nitrogen and oxygen atoms in total. The molecule has 0 bridgehead atoms. The molecule has 18 heavy (non-hydrogen) atoms. The number of fused-ring (bicyclic) bond motifs is 1. The minimum Gasteiger partial charge on any atom is -0.506 e. The highest BCUT2D eigenvalue weighted by atomic mass is 35.5. The topological polar surface area (TPSA) is 42.4 Å². The molecule has 1 aromatic heterocycles. The lowest BCUT2D eigenvalue weighted by Crippen LogP contribution is -1.99. The fraction of sp³-hybridized carbons (Fsp3) is 0.214. The SMILES string of the molecule is Cc1ncc2c(c1O)CO[C@H]2c1ccc(Cl)cc1. The van der Waals surface area contributed by atoms with Crippen molar-refractivity contribution in [3.63, 3.8) is 0 Å². The second-order valence-electron chi connectivity index (χ2n) is 4.37. The number of hydrogen-bond acceptors (Lipinski definition) is 3. The summed E-state index contributed by atoms with van der Waals surface area (Å²) in [5.41, 5.74) is 3.42. The zero-order chi connectivity index (χ0) is 12.7. The van der Waals surface area contributed by atoms with Gasteiger partial charge in [0.2, 0.25) is 0 Å². The second kappa shape index (κ2) is 4.26. The maximum Gasteiger partial charge on any atom is 0.142 e. The van der Waals surface area contributed by atoms with Crippen LogP contribution in [0.2, 0.25) is 5.02 Å². The number of pyridine rings is 1. The van der Waals surface area contributed by atoms with E-state index in [1.807, 2.05) is 24.3 Å². The molecule has 1 aliphatic heterocycles. The Morgan fingerprint density at radius 1 is 1.33 bits per heavy atom. The molecule has 0 fully saturated rings. The van der Waals surface area contributed by atoms with Crippen LogP contribution in [0.4, 0.5) is 0 Å². The molecular formula is C14H12ClNO2. The van der Waals surface area contributed by atoms with Crippen molar-refractivity contribution in [2.45, 2.75) is 19.6 Å². The van der Waals surface area contributed by atoms with Crippen LogP contribution in [0.15, 0.2) is 30.5 Å². The molecule has 0 radical (unpaired) electrons. The summed E-state index contributed by atoms with van der Waals surface area (Å²) in [5.74, 6) is 0.240. The van der Waals surface area contributed by atoms with E-state index in [0.29, 0.717) is 17.3 Å². The summed E-state index contributed by atoms with van der Waals surface area (Å²) in [6, 6.07) is 7.53. The highest BCUT2D eigenvalue weighted by Gasteiger charge is 2.28. The first-order chi connectivity index (χ1) is 8.66. The van der Waals surface area contributed by atoms with E-state index in [1.54, 1.807) is 13.1 Å². The molecule has 1 N–H and O–H groups in total. The minimum absolute atomic E-state index is 0.170. The van der Waals surface area contributed by atoms with Gasteiger partial charge in [0.15, 0.2) is 0 Å². The number of benzene rings is 1. The fourth-order valence-corrected chi connectivity index (χ4v) is 2.33. The van der Waals surface area contributed by atoms with Gasteiger partial charge >= 0.3 is 0 Å². The zero-order valence-corrected chi connectivity index (χ0v) is 10.6. The van der Waals surface area contributed by atoms with Crippen LogP contribution in [0.25, 0.3) is 0 Å². The molecule has 0 aliphatic carbocycles. The molecule has 1 atom stereocenters. The van der Waals surface area contributed by atoms with E-state index in [1.165, 1.54) is 0 Å². The molecule has 2 heterocycles. The van der Waals surface area contributed by atoms with Gasteiger partial charge in [-0.25, -0.2) is 0 Å². The Morgan fingerprint density at radius 3 is 2.78 bits per heavy atom. The van der Waals surface area contributed by atoms with Gasteiger partial charge in [-0.1, -0.05) is 23.7 Å². The van der Waals surface area contributed by atoms with Crippen LogP contribution < -0.4 is 0 Å². The molecule has 1 aromatic carbocycles. The Bertz CT molecular complexity index is 595. The number of ether oxygens (including phenoxy) is 1. The summed E-state index contributed by atoms with van der Waals surface area (Å²) >= 11 is 5.87. The van der Waals surface area contributed by atoms with Crippen LogP contribution in [-0.2, 0) is 11.3 Å². The number of rotatable bonds is 1. The van der Waals surface area contributed by atoms with Crippen molar-refractivity contribution in [2.24, 2.45) is 0 Å². The molecule has 92 valence electrons.